The molecule has 2 aromatic carbocycles. The van der Waals surface area contributed by atoms with Crippen molar-refractivity contribution >= 4 is 56.0 Å². The summed E-state index contributed by atoms with van der Waals surface area (Å²) in [7, 11) is 0. The molecule has 1 heterocycles. The van der Waals surface area contributed by atoms with Gasteiger partial charge in [-0.05, 0) is 66.4 Å². The summed E-state index contributed by atoms with van der Waals surface area (Å²) in [5, 5.41) is 3.16. The number of amidine groups is 1. The summed E-state index contributed by atoms with van der Waals surface area (Å²) in [6, 6.07) is 13.8. The molecule has 1 aliphatic carbocycles. The number of amides is 2. The number of para-hydroxylation sites is 1. The molecule has 2 fully saturated rings. The zero-order valence-electron chi connectivity index (χ0n) is 16.3. The monoisotopic (exact) mass is 471 g/mol. The second kappa shape index (κ2) is 8.32. The van der Waals surface area contributed by atoms with Gasteiger partial charge in [-0.1, -0.05) is 41.6 Å². The molecule has 5 nitrogen and oxygen atoms in total. The second-order valence-electron chi connectivity index (χ2n) is 7.46. The van der Waals surface area contributed by atoms with E-state index < -0.39 is 5.25 Å². The van der Waals surface area contributed by atoms with Gasteiger partial charge in [0.15, 0.2) is 5.17 Å². The van der Waals surface area contributed by atoms with E-state index in [1.54, 1.807) is 4.90 Å². The average molecular weight is 472 g/mol. The zero-order valence-corrected chi connectivity index (χ0v) is 18.7. The number of halogens is 1. The van der Waals surface area contributed by atoms with E-state index in [-0.39, 0.29) is 24.3 Å². The topological polar surface area (TPSA) is 61.8 Å². The molecule has 2 aromatic rings. The predicted octanol–water partition coefficient (Wildman–Crippen LogP) is 5.19. The van der Waals surface area contributed by atoms with E-state index in [0.717, 1.165) is 28.6 Å². The molecule has 0 aromatic heterocycles. The number of thioether (sulfide) groups is 1. The van der Waals surface area contributed by atoms with Gasteiger partial charge in [0.05, 0.1) is 11.4 Å². The third-order valence-corrected chi connectivity index (χ3v) is 6.81. The Labute approximate surface area is 183 Å². The molecule has 1 aliphatic heterocycles. The first-order chi connectivity index (χ1) is 13.9. The lowest BCUT2D eigenvalue weighted by molar-refractivity contribution is -0.128. The van der Waals surface area contributed by atoms with E-state index in [0.29, 0.717) is 10.9 Å². The van der Waals surface area contributed by atoms with Crippen LogP contribution >= 0.6 is 27.7 Å². The Hall–Kier alpha value is -2.12. The highest BCUT2D eigenvalue weighted by Crippen LogP contribution is 2.40. The van der Waals surface area contributed by atoms with Crippen molar-refractivity contribution in [2.75, 3.05) is 5.32 Å². The minimum Gasteiger partial charge on any atom is -0.325 e. The largest absolute Gasteiger partial charge is 0.325 e. The molecule has 29 heavy (non-hydrogen) atoms. The van der Waals surface area contributed by atoms with E-state index in [1.165, 1.54) is 17.3 Å². The number of nitrogens with one attached hydrogen (secondary N) is 1. The molecule has 0 radical (unpaired) electrons. The molecule has 1 N–H and O–H groups in total. The summed E-state index contributed by atoms with van der Waals surface area (Å²) >= 11 is 4.83. The zero-order chi connectivity index (χ0) is 20.5. The van der Waals surface area contributed by atoms with Crippen LogP contribution in [0.15, 0.2) is 51.9 Å². The minimum absolute atomic E-state index is 0.0108. The summed E-state index contributed by atoms with van der Waals surface area (Å²) in [4.78, 5) is 32.2. The summed E-state index contributed by atoms with van der Waals surface area (Å²) in [6.45, 7) is 4.08. The second-order valence-corrected chi connectivity index (χ2v) is 9.49. The molecular formula is C22H22BrN3O2S. The summed E-state index contributed by atoms with van der Waals surface area (Å²) in [6.07, 6.45) is 2.11. The first-order valence-corrected chi connectivity index (χ1v) is 11.3. The maximum atomic E-state index is 13.0. The highest BCUT2D eigenvalue weighted by molar-refractivity contribution is 9.10. The summed E-state index contributed by atoms with van der Waals surface area (Å²) < 4.78 is 0.815. The number of aryl methyl sites for hydroxylation is 2. The van der Waals surface area contributed by atoms with Crippen molar-refractivity contribution in [3.63, 3.8) is 0 Å². The van der Waals surface area contributed by atoms with Crippen molar-refractivity contribution in [2.24, 2.45) is 4.99 Å². The number of carbonyl (C=O) groups excluding carboxylic acids is 2. The highest BCUT2D eigenvalue weighted by Gasteiger charge is 2.46. The molecule has 7 heteroatoms. The Morgan fingerprint density at radius 2 is 2.00 bits per heavy atom. The van der Waals surface area contributed by atoms with Gasteiger partial charge in [-0.2, -0.15) is 0 Å². The SMILES string of the molecule is Cc1ccc(N=C2S[C@@H](CC(=O)Nc3ccccc3Br)C(=O)N2C2CC2)c(C)c1. The van der Waals surface area contributed by atoms with E-state index in [9.17, 15) is 9.59 Å². The lowest BCUT2D eigenvalue weighted by Crippen LogP contribution is -2.35. The first kappa shape index (κ1) is 20.2. The number of benzene rings is 2. The highest BCUT2D eigenvalue weighted by atomic mass is 79.9. The van der Waals surface area contributed by atoms with Gasteiger partial charge >= 0.3 is 0 Å². The molecule has 2 amide bonds. The first-order valence-electron chi connectivity index (χ1n) is 9.62. The number of aliphatic imine (C=N–C) groups is 1. The van der Waals surface area contributed by atoms with Crippen LogP contribution in [0.5, 0.6) is 0 Å². The molecule has 0 unspecified atom stereocenters. The predicted molar refractivity (Wildman–Crippen MR) is 122 cm³/mol. The lowest BCUT2D eigenvalue weighted by Gasteiger charge is -2.15. The van der Waals surface area contributed by atoms with Gasteiger partial charge in [-0.15, -0.1) is 0 Å². The van der Waals surface area contributed by atoms with E-state index >= 15 is 0 Å². The van der Waals surface area contributed by atoms with E-state index in [4.69, 9.17) is 4.99 Å². The lowest BCUT2D eigenvalue weighted by atomic mass is 10.1. The standard InChI is InChI=1S/C22H22BrN3O2S/c1-13-7-10-17(14(2)11-13)25-22-26(15-8-9-15)21(28)19(29-22)12-20(27)24-18-6-4-3-5-16(18)23/h3-7,10-11,15,19H,8-9,12H2,1-2H3,(H,24,27)/t19-/m0/s1. The fourth-order valence-corrected chi connectivity index (χ4v) is 4.92. The van der Waals surface area contributed by atoms with Crippen molar-refractivity contribution in [3.05, 3.63) is 58.1 Å². The average Bonchev–Trinajstić information content (AvgIpc) is 3.45. The molecule has 2 aliphatic rings. The number of carbonyl (C=O) groups is 2. The van der Waals surface area contributed by atoms with Gasteiger partial charge in [0.2, 0.25) is 11.8 Å². The van der Waals surface area contributed by atoms with Crippen LogP contribution in [0, 0.1) is 13.8 Å². The Morgan fingerprint density at radius 1 is 1.24 bits per heavy atom. The van der Waals surface area contributed by atoms with Crippen LogP contribution in [0.4, 0.5) is 11.4 Å². The van der Waals surface area contributed by atoms with Crippen molar-refractivity contribution in [3.8, 4) is 0 Å². The molecule has 1 atom stereocenters. The van der Waals surface area contributed by atoms with Gasteiger partial charge in [-0.3, -0.25) is 14.5 Å². The number of nitrogens with zero attached hydrogens (tertiary/aromatic N) is 2. The maximum Gasteiger partial charge on any atom is 0.242 e. The molecule has 0 spiro atoms. The van der Waals surface area contributed by atoms with Gasteiger partial charge < -0.3 is 5.32 Å². The van der Waals surface area contributed by atoms with Crippen molar-refractivity contribution in [2.45, 2.75) is 44.4 Å². The smallest absolute Gasteiger partial charge is 0.242 e. The quantitative estimate of drug-likeness (QED) is 0.652. The Bertz CT molecular complexity index is 1000. The van der Waals surface area contributed by atoms with Gasteiger partial charge in [-0.25, -0.2) is 4.99 Å². The summed E-state index contributed by atoms with van der Waals surface area (Å²) in [5.74, 6) is -0.186. The van der Waals surface area contributed by atoms with Crippen molar-refractivity contribution in [1.29, 1.82) is 0 Å². The van der Waals surface area contributed by atoms with Crippen LogP contribution < -0.4 is 5.32 Å². The molecular weight excluding hydrogens is 450 g/mol. The van der Waals surface area contributed by atoms with Crippen LogP contribution in [0.25, 0.3) is 0 Å². The Morgan fingerprint density at radius 3 is 2.69 bits per heavy atom. The summed E-state index contributed by atoms with van der Waals surface area (Å²) in [5.41, 5.74) is 3.84. The fourth-order valence-electron chi connectivity index (χ4n) is 3.33. The number of hydrogen-bond donors (Lipinski definition) is 1. The molecule has 1 saturated heterocycles. The van der Waals surface area contributed by atoms with Crippen LogP contribution in [-0.2, 0) is 9.59 Å². The molecule has 0 bridgehead atoms. The minimum atomic E-state index is -0.442. The van der Waals surface area contributed by atoms with Crippen molar-refractivity contribution in [1.82, 2.24) is 4.90 Å². The van der Waals surface area contributed by atoms with Crippen LogP contribution in [-0.4, -0.2) is 33.2 Å². The van der Waals surface area contributed by atoms with E-state index in [1.807, 2.05) is 50.2 Å². The Kier molecular flexibility index (Phi) is 5.79. The van der Waals surface area contributed by atoms with Crippen LogP contribution in [0.1, 0.15) is 30.4 Å². The van der Waals surface area contributed by atoms with Gasteiger partial charge in [0.25, 0.3) is 0 Å². The van der Waals surface area contributed by atoms with Gasteiger partial charge in [0.1, 0.15) is 5.25 Å². The fraction of sp³-hybridized carbons (Fsp3) is 0.318. The van der Waals surface area contributed by atoms with Crippen LogP contribution in [0.3, 0.4) is 0 Å². The van der Waals surface area contributed by atoms with Crippen molar-refractivity contribution < 1.29 is 9.59 Å². The van der Waals surface area contributed by atoms with E-state index in [2.05, 4.69) is 27.3 Å². The normalized spacial score (nSPS) is 20.4. The molecule has 1 saturated carbocycles. The van der Waals surface area contributed by atoms with Crippen LogP contribution in [0.2, 0.25) is 0 Å². The number of rotatable bonds is 5. The number of hydrogen-bond acceptors (Lipinski definition) is 4. The maximum absolute atomic E-state index is 13.0. The number of anilines is 1. The third kappa shape index (κ3) is 4.56. The molecule has 4 rings (SSSR count). The molecule has 150 valence electrons. The third-order valence-electron chi connectivity index (χ3n) is 4.97. The van der Waals surface area contributed by atoms with Gasteiger partial charge in [0, 0.05) is 16.9 Å². The Balaban J connectivity index is 1.52.